The molecule has 1 aromatic rings. The number of nitrogens with zero attached hydrogens (tertiary/aromatic N) is 6. The molecule has 3 heterocycles. The average molecular weight is 405 g/mol. The number of morpholine rings is 1. The number of nitrogens with one attached hydrogen (secondary N) is 2. The van der Waals surface area contributed by atoms with Crippen molar-refractivity contribution in [3.05, 3.63) is 0 Å². The zero-order chi connectivity index (χ0) is 20.1. The Labute approximate surface area is 173 Å². The molecule has 1 saturated carbocycles. The van der Waals surface area contributed by atoms with Crippen molar-refractivity contribution in [1.82, 2.24) is 29.9 Å². The van der Waals surface area contributed by atoms with Gasteiger partial charge in [0, 0.05) is 50.4 Å². The lowest BCUT2D eigenvalue weighted by molar-refractivity contribution is 0.0382. The first-order chi connectivity index (χ1) is 14.2. The molecule has 2 atom stereocenters. The third-order valence-corrected chi connectivity index (χ3v) is 6.08. The number of fused-ring (bicyclic) bond motifs is 2. The van der Waals surface area contributed by atoms with Gasteiger partial charge < -0.3 is 20.3 Å². The van der Waals surface area contributed by atoms with Crippen LogP contribution in [0, 0.1) is 5.92 Å². The standard InChI is InChI=1S/C20H36N8O/c1-26(2)9-4-7-22-19-24-20-23-18-16(15-28(20)25-19)5-3-6-17(18)21-8-10-27-11-13-29-14-12-27/h16-17,21H,3-15H2,1-2H3,(H,22,25). The van der Waals surface area contributed by atoms with E-state index >= 15 is 0 Å². The third-order valence-electron chi connectivity index (χ3n) is 6.08. The summed E-state index contributed by atoms with van der Waals surface area (Å²) in [5.41, 5.74) is 1.29. The summed E-state index contributed by atoms with van der Waals surface area (Å²) < 4.78 is 7.42. The molecule has 1 aromatic heterocycles. The second kappa shape index (κ2) is 9.97. The maximum atomic E-state index is 5.44. The Morgan fingerprint density at radius 2 is 2.03 bits per heavy atom. The predicted molar refractivity (Wildman–Crippen MR) is 115 cm³/mol. The molecule has 2 N–H and O–H groups in total. The molecule has 4 rings (SSSR count). The van der Waals surface area contributed by atoms with Gasteiger partial charge in [-0.3, -0.25) is 4.90 Å². The fraction of sp³-hybridized carbons (Fsp3) is 0.850. The number of anilines is 1. The summed E-state index contributed by atoms with van der Waals surface area (Å²) in [5, 5.41) is 11.8. The van der Waals surface area contributed by atoms with Crippen LogP contribution in [0.3, 0.4) is 0 Å². The highest BCUT2D eigenvalue weighted by Gasteiger charge is 2.33. The summed E-state index contributed by atoms with van der Waals surface area (Å²) in [6, 6.07) is 0.372. The van der Waals surface area contributed by atoms with Gasteiger partial charge in [0.05, 0.1) is 19.8 Å². The Morgan fingerprint density at radius 3 is 2.86 bits per heavy atom. The molecular formula is C20H36N8O. The van der Waals surface area contributed by atoms with Crippen molar-refractivity contribution in [3.63, 3.8) is 0 Å². The zero-order valence-corrected chi connectivity index (χ0v) is 17.9. The normalized spacial score (nSPS) is 24.9. The van der Waals surface area contributed by atoms with Crippen molar-refractivity contribution in [2.75, 3.05) is 71.9 Å². The minimum absolute atomic E-state index is 0.372. The first-order valence-corrected chi connectivity index (χ1v) is 11.1. The van der Waals surface area contributed by atoms with E-state index in [1.54, 1.807) is 0 Å². The molecule has 0 aromatic carbocycles. The van der Waals surface area contributed by atoms with E-state index in [2.05, 4.69) is 44.6 Å². The zero-order valence-electron chi connectivity index (χ0n) is 17.9. The number of ether oxygens (including phenoxy) is 1. The van der Waals surface area contributed by atoms with Crippen LogP contribution in [0.15, 0.2) is 4.99 Å². The summed E-state index contributed by atoms with van der Waals surface area (Å²) in [7, 11) is 4.19. The molecule has 0 radical (unpaired) electrons. The van der Waals surface area contributed by atoms with Crippen molar-refractivity contribution in [2.45, 2.75) is 38.3 Å². The van der Waals surface area contributed by atoms with E-state index in [0.29, 0.717) is 17.9 Å². The quantitative estimate of drug-likeness (QED) is 0.590. The van der Waals surface area contributed by atoms with Gasteiger partial charge in [-0.25, -0.2) is 9.67 Å². The second-order valence-corrected chi connectivity index (χ2v) is 8.63. The summed E-state index contributed by atoms with van der Waals surface area (Å²) in [6.45, 7) is 8.74. The first-order valence-electron chi connectivity index (χ1n) is 11.1. The average Bonchev–Trinajstić information content (AvgIpc) is 3.12. The van der Waals surface area contributed by atoms with Crippen molar-refractivity contribution >= 4 is 17.6 Å². The molecule has 9 nitrogen and oxygen atoms in total. The van der Waals surface area contributed by atoms with Crippen LogP contribution in [0.25, 0.3) is 0 Å². The van der Waals surface area contributed by atoms with Gasteiger partial charge >= 0.3 is 0 Å². The van der Waals surface area contributed by atoms with E-state index in [0.717, 1.165) is 71.4 Å². The maximum Gasteiger partial charge on any atom is 0.249 e. The number of hydrogen-bond donors (Lipinski definition) is 2. The van der Waals surface area contributed by atoms with Crippen LogP contribution in [-0.2, 0) is 11.3 Å². The van der Waals surface area contributed by atoms with Gasteiger partial charge in [0.1, 0.15) is 0 Å². The van der Waals surface area contributed by atoms with Gasteiger partial charge in [0.15, 0.2) is 0 Å². The Balaban J connectivity index is 1.32. The van der Waals surface area contributed by atoms with Crippen LogP contribution in [0.5, 0.6) is 0 Å². The monoisotopic (exact) mass is 404 g/mol. The smallest absolute Gasteiger partial charge is 0.249 e. The second-order valence-electron chi connectivity index (χ2n) is 8.63. The van der Waals surface area contributed by atoms with E-state index in [4.69, 9.17) is 9.73 Å². The lowest BCUT2D eigenvalue weighted by Crippen LogP contribution is -2.48. The highest BCUT2D eigenvalue weighted by molar-refractivity contribution is 5.94. The van der Waals surface area contributed by atoms with Gasteiger partial charge in [0.25, 0.3) is 0 Å². The van der Waals surface area contributed by atoms with E-state index in [-0.39, 0.29) is 0 Å². The van der Waals surface area contributed by atoms with E-state index in [9.17, 15) is 0 Å². The van der Waals surface area contributed by atoms with Crippen LogP contribution in [0.2, 0.25) is 0 Å². The van der Waals surface area contributed by atoms with Gasteiger partial charge in [-0.15, -0.1) is 5.10 Å². The Morgan fingerprint density at radius 1 is 1.17 bits per heavy atom. The van der Waals surface area contributed by atoms with Crippen LogP contribution in [0.4, 0.5) is 11.9 Å². The molecule has 2 unspecified atom stereocenters. The molecule has 0 spiro atoms. The Kier molecular flexibility index (Phi) is 7.12. The molecule has 29 heavy (non-hydrogen) atoms. The summed E-state index contributed by atoms with van der Waals surface area (Å²) in [4.78, 5) is 14.3. The van der Waals surface area contributed by atoms with Crippen LogP contribution < -0.4 is 10.6 Å². The van der Waals surface area contributed by atoms with Crippen molar-refractivity contribution in [3.8, 4) is 0 Å². The van der Waals surface area contributed by atoms with Crippen molar-refractivity contribution in [1.29, 1.82) is 0 Å². The fourth-order valence-electron chi connectivity index (χ4n) is 4.46. The number of aliphatic imine (C=N–C) groups is 1. The fourth-order valence-corrected chi connectivity index (χ4v) is 4.46. The number of aromatic nitrogens is 3. The molecule has 162 valence electrons. The van der Waals surface area contributed by atoms with E-state index in [1.165, 1.54) is 25.0 Å². The molecule has 2 aliphatic heterocycles. The van der Waals surface area contributed by atoms with Crippen molar-refractivity contribution in [2.24, 2.45) is 10.9 Å². The topological polar surface area (TPSA) is 82.8 Å². The summed E-state index contributed by atoms with van der Waals surface area (Å²) >= 11 is 0. The van der Waals surface area contributed by atoms with E-state index < -0.39 is 0 Å². The lowest BCUT2D eigenvalue weighted by Gasteiger charge is -2.34. The Hall–Kier alpha value is -1.55. The molecule has 3 aliphatic rings. The number of hydrogen-bond acceptors (Lipinski definition) is 8. The first kappa shape index (κ1) is 20.7. The SMILES string of the molecule is CN(C)CCCNc1nc2n(n1)CC1CCCC(NCCN3CCOCC3)C1=N2. The molecule has 2 fully saturated rings. The number of rotatable bonds is 9. The molecular weight excluding hydrogens is 368 g/mol. The maximum absolute atomic E-state index is 5.44. The molecule has 0 amide bonds. The summed E-state index contributed by atoms with van der Waals surface area (Å²) in [6.07, 6.45) is 4.69. The van der Waals surface area contributed by atoms with E-state index in [1.807, 2.05) is 4.68 Å². The van der Waals surface area contributed by atoms with Gasteiger partial charge in [-0.1, -0.05) is 6.42 Å². The highest BCUT2D eigenvalue weighted by Crippen LogP contribution is 2.31. The minimum atomic E-state index is 0.372. The summed E-state index contributed by atoms with van der Waals surface area (Å²) in [5.74, 6) is 1.95. The lowest BCUT2D eigenvalue weighted by atomic mass is 9.83. The van der Waals surface area contributed by atoms with Gasteiger partial charge in [0.2, 0.25) is 11.9 Å². The minimum Gasteiger partial charge on any atom is -0.379 e. The molecule has 1 aliphatic carbocycles. The van der Waals surface area contributed by atoms with Gasteiger partial charge in [-0.2, -0.15) is 4.98 Å². The van der Waals surface area contributed by atoms with Crippen molar-refractivity contribution < 1.29 is 4.74 Å². The van der Waals surface area contributed by atoms with Gasteiger partial charge in [-0.05, 0) is 39.9 Å². The van der Waals surface area contributed by atoms with Crippen LogP contribution in [-0.4, -0.2) is 103 Å². The predicted octanol–water partition coefficient (Wildman–Crippen LogP) is 0.818. The largest absolute Gasteiger partial charge is 0.379 e. The third kappa shape index (κ3) is 5.53. The molecule has 0 bridgehead atoms. The van der Waals surface area contributed by atoms with Crippen LogP contribution in [0.1, 0.15) is 25.7 Å². The molecule has 9 heteroatoms. The highest BCUT2D eigenvalue weighted by atomic mass is 16.5. The van der Waals surface area contributed by atoms with Crippen LogP contribution >= 0.6 is 0 Å². The Bertz CT molecular complexity index is 682. The molecule has 1 saturated heterocycles.